The molecule has 6 nitrogen and oxygen atoms in total. The van der Waals surface area contributed by atoms with E-state index in [0.717, 1.165) is 12.2 Å². The molecule has 3 fully saturated rings. The summed E-state index contributed by atoms with van der Waals surface area (Å²) in [4.78, 5) is 38.4. The highest BCUT2D eigenvalue weighted by atomic mass is 32.2. The highest BCUT2D eigenvalue weighted by molar-refractivity contribution is 8.13. The zero-order valence-corrected chi connectivity index (χ0v) is 22.4. The van der Waals surface area contributed by atoms with Crippen LogP contribution in [0.25, 0.3) is 0 Å². The van der Waals surface area contributed by atoms with Gasteiger partial charge in [0.25, 0.3) is 0 Å². The van der Waals surface area contributed by atoms with Crippen molar-refractivity contribution in [3.05, 3.63) is 47.1 Å². The zero-order valence-electron chi connectivity index (χ0n) is 21.6. The molecule has 10 heteroatoms. The maximum absolute atomic E-state index is 17.6. The number of furan rings is 1. The summed E-state index contributed by atoms with van der Waals surface area (Å²) < 4.78 is 56.8. The number of allylic oxidation sites excluding steroid dienone is 3. The minimum Gasteiger partial charge on any atom is -0.457 e. The van der Waals surface area contributed by atoms with Crippen LogP contribution in [0.3, 0.4) is 0 Å². The number of hydrogen-bond donors (Lipinski definition) is 1. The molecule has 0 aliphatic heterocycles. The van der Waals surface area contributed by atoms with Gasteiger partial charge in [0.1, 0.15) is 12.2 Å². The summed E-state index contributed by atoms with van der Waals surface area (Å²) in [5, 5.41) is 11.1. The predicted octanol–water partition coefficient (Wildman–Crippen LogP) is 5.44. The first-order chi connectivity index (χ1) is 17.8. The SMILES string of the molecule is Cc1ccoc1C(=O)OC1=C[C@@]2(C)C(=CC1=O)[C@@H](F)C[C@@H]1[C@@H]3C[C@@H](C)[C@@H](C(=O)SCF)[C@@]3(C)C[C@H](O)[C@@]12F. The summed E-state index contributed by atoms with van der Waals surface area (Å²) >= 11 is 0.573. The molecule has 4 aliphatic rings. The number of ketones is 1. The third kappa shape index (κ3) is 3.62. The second-order valence-corrected chi connectivity index (χ2v) is 12.6. The van der Waals surface area contributed by atoms with Crippen molar-refractivity contribution in [2.45, 2.75) is 64.9 Å². The number of fused-ring (bicyclic) bond motifs is 5. The molecule has 0 amide bonds. The molecule has 0 saturated heterocycles. The van der Waals surface area contributed by atoms with Crippen molar-refractivity contribution in [2.75, 3.05) is 6.01 Å². The van der Waals surface area contributed by atoms with Crippen LogP contribution in [-0.2, 0) is 14.3 Å². The molecule has 9 atom stereocenters. The van der Waals surface area contributed by atoms with Crippen molar-refractivity contribution in [1.29, 1.82) is 0 Å². The van der Waals surface area contributed by atoms with Crippen LogP contribution in [0, 0.1) is 41.4 Å². The number of carbonyl (C=O) groups excluding carboxylic acids is 3. The van der Waals surface area contributed by atoms with Crippen LogP contribution in [-0.4, -0.2) is 45.9 Å². The summed E-state index contributed by atoms with van der Waals surface area (Å²) in [5.74, 6) is -4.56. The highest BCUT2D eigenvalue weighted by Crippen LogP contribution is 2.70. The van der Waals surface area contributed by atoms with E-state index < -0.39 is 70.0 Å². The van der Waals surface area contributed by atoms with E-state index in [2.05, 4.69) is 0 Å². The number of carbonyl (C=O) groups is 3. The third-order valence-electron chi connectivity index (χ3n) is 9.74. The van der Waals surface area contributed by atoms with Gasteiger partial charge in [-0.3, -0.25) is 9.59 Å². The maximum atomic E-state index is 17.6. The van der Waals surface area contributed by atoms with Gasteiger partial charge in [-0.15, -0.1) is 0 Å². The van der Waals surface area contributed by atoms with Crippen molar-refractivity contribution in [3.63, 3.8) is 0 Å². The van der Waals surface area contributed by atoms with Gasteiger partial charge in [0.15, 0.2) is 16.5 Å². The number of thioether (sulfide) groups is 1. The van der Waals surface area contributed by atoms with E-state index in [-0.39, 0.29) is 35.2 Å². The Morgan fingerprint density at radius 2 is 1.97 bits per heavy atom. The first-order valence-corrected chi connectivity index (χ1v) is 13.8. The number of alkyl halides is 3. The number of aliphatic hydroxyl groups excluding tert-OH is 1. The Balaban J connectivity index is 1.56. The van der Waals surface area contributed by atoms with E-state index in [1.165, 1.54) is 13.2 Å². The summed E-state index contributed by atoms with van der Waals surface area (Å²) in [6.45, 7) is 6.70. The third-order valence-corrected chi connectivity index (χ3v) is 10.4. The van der Waals surface area contributed by atoms with Gasteiger partial charge in [-0.25, -0.2) is 18.0 Å². The number of ether oxygens (including phenoxy) is 1. The fraction of sp³-hybridized carbons (Fsp3) is 0.607. The smallest absolute Gasteiger partial charge is 0.380 e. The highest BCUT2D eigenvalue weighted by Gasteiger charge is 2.73. The largest absolute Gasteiger partial charge is 0.457 e. The van der Waals surface area contributed by atoms with Crippen LogP contribution in [0.5, 0.6) is 0 Å². The predicted molar refractivity (Wildman–Crippen MR) is 133 cm³/mol. The minimum absolute atomic E-state index is 0.0828. The number of aryl methyl sites for hydroxylation is 1. The van der Waals surface area contributed by atoms with E-state index in [1.807, 2.05) is 13.8 Å². The molecule has 1 heterocycles. The van der Waals surface area contributed by atoms with Gasteiger partial charge >= 0.3 is 5.97 Å². The Hall–Kier alpha value is -2.33. The average molecular weight is 553 g/mol. The van der Waals surface area contributed by atoms with Crippen molar-refractivity contribution < 1.29 is 41.8 Å². The molecule has 4 aliphatic carbocycles. The molecule has 0 aromatic carbocycles. The monoisotopic (exact) mass is 552 g/mol. The molecule has 1 aromatic rings. The second kappa shape index (κ2) is 9.11. The van der Waals surface area contributed by atoms with Gasteiger partial charge in [0.05, 0.1) is 17.8 Å². The molecule has 3 saturated carbocycles. The molecular weight excluding hydrogens is 521 g/mol. The lowest BCUT2D eigenvalue weighted by Crippen LogP contribution is -2.68. The van der Waals surface area contributed by atoms with Gasteiger partial charge in [-0.1, -0.05) is 25.6 Å². The second-order valence-electron chi connectivity index (χ2n) is 11.7. The summed E-state index contributed by atoms with van der Waals surface area (Å²) in [5.41, 5.74) is -4.68. The number of aliphatic hydroxyl groups is 1. The van der Waals surface area contributed by atoms with Crippen LogP contribution in [0.1, 0.15) is 56.2 Å². The summed E-state index contributed by atoms with van der Waals surface area (Å²) in [6.07, 6.45) is 0.181. The van der Waals surface area contributed by atoms with Crippen LogP contribution in [0.2, 0.25) is 0 Å². The molecular formula is C28H31F3O6S. The van der Waals surface area contributed by atoms with Crippen LogP contribution < -0.4 is 0 Å². The Labute approximate surface area is 223 Å². The molecule has 1 N–H and O–H groups in total. The lowest BCUT2D eigenvalue weighted by Gasteiger charge is -2.62. The molecule has 0 bridgehead atoms. The lowest BCUT2D eigenvalue weighted by atomic mass is 9.45. The van der Waals surface area contributed by atoms with Crippen LogP contribution in [0.15, 0.2) is 40.2 Å². The summed E-state index contributed by atoms with van der Waals surface area (Å²) in [6, 6.07) is 0.670. The molecule has 0 spiro atoms. The first kappa shape index (κ1) is 27.2. The molecule has 206 valence electrons. The molecule has 5 rings (SSSR count). The zero-order chi connectivity index (χ0) is 27.8. The van der Waals surface area contributed by atoms with E-state index in [9.17, 15) is 23.9 Å². The number of rotatable bonds is 4. The van der Waals surface area contributed by atoms with Crippen molar-refractivity contribution in [2.24, 2.45) is 34.5 Å². The normalized spacial score (nSPS) is 41.9. The summed E-state index contributed by atoms with van der Waals surface area (Å²) in [7, 11) is 0. The standard InChI is InChI=1S/C28H31F3O6S/c1-13-5-6-36-23(13)24(34)37-20-10-27(4)17(9-19(20)32)18(30)8-16-15-7-14(2)22(25(35)38-12-29)26(15,3)11-21(33)28(16,27)31/h5-6,9-10,14-16,18,21-22,33H,7-8,11-12H2,1-4H3/t14-,15+,16-,18+,21+,22+,26+,27+,28+/m1/s1. The maximum Gasteiger partial charge on any atom is 0.380 e. The minimum atomic E-state index is -2.41. The number of hydrogen-bond acceptors (Lipinski definition) is 7. The van der Waals surface area contributed by atoms with Gasteiger partial charge in [-0.2, -0.15) is 0 Å². The van der Waals surface area contributed by atoms with Crippen molar-refractivity contribution in [3.8, 4) is 0 Å². The molecule has 38 heavy (non-hydrogen) atoms. The van der Waals surface area contributed by atoms with Gasteiger partial charge in [0.2, 0.25) is 11.5 Å². The Morgan fingerprint density at radius 1 is 1.26 bits per heavy atom. The van der Waals surface area contributed by atoms with Gasteiger partial charge in [-0.05, 0) is 74.2 Å². The van der Waals surface area contributed by atoms with Crippen molar-refractivity contribution in [1.82, 2.24) is 0 Å². The van der Waals surface area contributed by atoms with E-state index >= 15 is 8.78 Å². The number of esters is 1. The molecule has 0 radical (unpaired) electrons. The Morgan fingerprint density at radius 3 is 2.61 bits per heavy atom. The van der Waals surface area contributed by atoms with Gasteiger partial charge < -0.3 is 14.3 Å². The number of halogens is 3. The Kier molecular flexibility index (Phi) is 6.53. The van der Waals surface area contributed by atoms with Gasteiger partial charge in [0, 0.05) is 17.4 Å². The van der Waals surface area contributed by atoms with Crippen molar-refractivity contribution >= 4 is 28.6 Å². The van der Waals surface area contributed by atoms with Crippen LogP contribution >= 0.6 is 11.8 Å². The van der Waals surface area contributed by atoms with E-state index in [0.29, 0.717) is 23.7 Å². The first-order valence-electron chi connectivity index (χ1n) is 12.8. The topological polar surface area (TPSA) is 93.8 Å². The lowest BCUT2D eigenvalue weighted by molar-refractivity contribution is -0.201. The fourth-order valence-corrected chi connectivity index (χ4v) is 8.88. The quantitative estimate of drug-likeness (QED) is 0.497. The van der Waals surface area contributed by atoms with Crippen LogP contribution in [0.4, 0.5) is 13.2 Å². The average Bonchev–Trinajstić information content (AvgIpc) is 3.37. The fourth-order valence-electron chi connectivity index (χ4n) is 8.09. The Bertz CT molecular complexity index is 1260. The van der Waals surface area contributed by atoms with E-state index in [4.69, 9.17) is 9.15 Å². The molecule has 0 unspecified atom stereocenters. The molecule has 1 aromatic heterocycles. The van der Waals surface area contributed by atoms with E-state index in [1.54, 1.807) is 13.0 Å².